The van der Waals surface area contributed by atoms with Gasteiger partial charge in [0, 0.05) is 5.56 Å². The zero-order valence-corrected chi connectivity index (χ0v) is 7.91. The zero-order chi connectivity index (χ0) is 10.2. The van der Waals surface area contributed by atoms with Gasteiger partial charge in [-0.1, -0.05) is 24.3 Å². The lowest BCUT2D eigenvalue weighted by molar-refractivity contribution is 0.112. The molecule has 0 fully saturated rings. The molecule has 76 valence electrons. The maximum atomic E-state index is 11.7. The molecule has 0 heterocycles. The van der Waals surface area contributed by atoms with Crippen LogP contribution < -0.4 is 0 Å². The number of ether oxygens (including phenoxy) is 1. The predicted octanol–water partition coefficient (Wildman–Crippen LogP) is 2.03. The van der Waals surface area contributed by atoms with Crippen molar-refractivity contribution in [1.29, 1.82) is 0 Å². The third kappa shape index (κ3) is 3.66. The SMILES string of the molecule is O=Cc1ccc(CCOCCF)cc1. The van der Waals surface area contributed by atoms with E-state index in [2.05, 4.69) is 0 Å². The quantitative estimate of drug-likeness (QED) is 0.514. The van der Waals surface area contributed by atoms with Crippen LogP contribution >= 0.6 is 0 Å². The molecule has 0 amide bonds. The normalized spacial score (nSPS) is 10.1. The Kier molecular flexibility index (Phi) is 4.86. The highest BCUT2D eigenvalue weighted by molar-refractivity contribution is 5.74. The van der Waals surface area contributed by atoms with Gasteiger partial charge in [-0.25, -0.2) is 4.39 Å². The highest BCUT2D eigenvalue weighted by atomic mass is 19.1. The van der Waals surface area contributed by atoms with Crippen molar-refractivity contribution in [2.75, 3.05) is 19.9 Å². The Bertz CT molecular complexity index is 269. The average Bonchev–Trinajstić information content (AvgIpc) is 2.25. The van der Waals surface area contributed by atoms with Gasteiger partial charge in [0.15, 0.2) is 0 Å². The molecule has 0 spiro atoms. The molecule has 0 N–H and O–H groups in total. The zero-order valence-electron chi connectivity index (χ0n) is 7.91. The summed E-state index contributed by atoms with van der Waals surface area (Å²) in [5.41, 5.74) is 1.76. The molecular formula is C11H13FO2. The Morgan fingerprint density at radius 2 is 1.93 bits per heavy atom. The summed E-state index contributed by atoms with van der Waals surface area (Å²) in [7, 11) is 0. The minimum absolute atomic E-state index is 0.159. The number of aldehydes is 1. The number of rotatable bonds is 6. The fourth-order valence-corrected chi connectivity index (χ4v) is 1.11. The summed E-state index contributed by atoms with van der Waals surface area (Å²) < 4.78 is 16.7. The van der Waals surface area contributed by atoms with E-state index in [0.29, 0.717) is 12.2 Å². The Balaban J connectivity index is 2.32. The first-order valence-electron chi connectivity index (χ1n) is 4.54. The number of hydrogen-bond acceptors (Lipinski definition) is 2. The third-order valence-corrected chi connectivity index (χ3v) is 1.87. The van der Waals surface area contributed by atoms with Crippen molar-refractivity contribution >= 4 is 6.29 Å². The van der Waals surface area contributed by atoms with Crippen LogP contribution in [0.2, 0.25) is 0 Å². The Labute approximate surface area is 82.7 Å². The lowest BCUT2D eigenvalue weighted by Crippen LogP contribution is -2.01. The van der Waals surface area contributed by atoms with Gasteiger partial charge in [-0.15, -0.1) is 0 Å². The van der Waals surface area contributed by atoms with Gasteiger partial charge in [-0.05, 0) is 12.0 Å². The predicted molar refractivity (Wildman–Crippen MR) is 52.3 cm³/mol. The van der Waals surface area contributed by atoms with E-state index in [0.717, 1.165) is 18.3 Å². The number of carbonyl (C=O) groups is 1. The van der Waals surface area contributed by atoms with Crippen molar-refractivity contribution < 1.29 is 13.9 Å². The van der Waals surface area contributed by atoms with Crippen LogP contribution in [0.1, 0.15) is 15.9 Å². The van der Waals surface area contributed by atoms with Crippen LogP contribution in [0.4, 0.5) is 4.39 Å². The monoisotopic (exact) mass is 196 g/mol. The molecule has 1 rings (SSSR count). The Morgan fingerprint density at radius 1 is 1.21 bits per heavy atom. The minimum atomic E-state index is -0.440. The molecule has 0 aliphatic heterocycles. The molecule has 0 aromatic heterocycles. The Hall–Kier alpha value is -1.22. The molecule has 0 aliphatic rings. The summed E-state index contributed by atoms with van der Waals surface area (Å²) in [6.07, 6.45) is 1.56. The van der Waals surface area contributed by atoms with E-state index in [1.807, 2.05) is 12.1 Å². The van der Waals surface area contributed by atoms with Crippen molar-refractivity contribution in [2.24, 2.45) is 0 Å². The van der Waals surface area contributed by atoms with E-state index in [1.54, 1.807) is 12.1 Å². The summed E-state index contributed by atoms with van der Waals surface area (Å²) in [5.74, 6) is 0. The van der Waals surface area contributed by atoms with E-state index < -0.39 is 6.67 Å². The molecule has 0 saturated heterocycles. The maximum Gasteiger partial charge on any atom is 0.150 e. The van der Waals surface area contributed by atoms with Gasteiger partial charge in [0.05, 0.1) is 13.2 Å². The highest BCUT2D eigenvalue weighted by Gasteiger charge is 1.94. The van der Waals surface area contributed by atoms with Gasteiger partial charge in [-0.3, -0.25) is 4.79 Å². The molecular weight excluding hydrogens is 183 g/mol. The van der Waals surface area contributed by atoms with E-state index in [-0.39, 0.29) is 6.61 Å². The number of alkyl halides is 1. The largest absolute Gasteiger partial charge is 0.378 e. The van der Waals surface area contributed by atoms with Crippen LogP contribution in [0.25, 0.3) is 0 Å². The minimum Gasteiger partial charge on any atom is -0.378 e. The van der Waals surface area contributed by atoms with Gasteiger partial charge in [0.25, 0.3) is 0 Å². The molecule has 0 unspecified atom stereocenters. The summed E-state index contributed by atoms with van der Waals surface area (Å²) in [6.45, 7) is 0.237. The van der Waals surface area contributed by atoms with Gasteiger partial charge >= 0.3 is 0 Å². The van der Waals surface area contributed by atoms with Crippen LogP contribution in [0, 0.1) is 0 Å². The molecule has 0 radical (unpaired) electrons. The van der Waals surface area contributed by atoms with E-state index in [1.165, 1.54) is 0 Å². The molecule has 3 heteroatoms. The lowest BCUT2D eigenvalue weighted by atomic mass is 10.1. The molecule has 2 nitrogen and oxygen atoms in total. The van der Waals surface area contributed by atoms with E-state index in [4.69, 9.17) is 4.74 Å². The topological polar surface area (TPSA) is 26.3 Å². The van der Waals surface area contributed by atoms with Crippen LogP contribution in [-0.4, -0.2) is 26.2 Å². The van der Waals surface area contributed by atoms with Crippen LogP contribution in [0.3, 0.4) is 0 Å². The summed E-state index contributed by atoms with van der Waals surface area (Å²) >= 11 is 0. The first kappa shape index (κ1) is 10.9. The molecule has 0 atom stereocenters. The second kappa shape index (κ2) is 6.27. The van der Waals surface area contributed by atoms with Gasteiger partial charge in [0.1, 0.15) is 13.0 Å². The third-order valence-electron chi connectivity index (χ3n) is 1.87. The molecule has 1 aromatic rings. The summed E-state index contributed by atoms with van der Waals surface area (Å²) in [6, 6.07) is 7.28. The average molecular weight is 196 g/mol. The van der Waals surface area contributed by atoms with Crippen LogP contribution in [0.5, 0.6) is 0 Å². The van der Waals surface area contributed by atoms with Crippen molar-refractivity contribution in [2.45, 2.75) is 6.42 Å². The van der Waals surface area contributed by atoms with E-state index in [9.17, 15) is 9.18 Å². The van der Waals surface area contributed by atoms with Crippen molar-refractivity contribution in [3.8, 4) is 0 Å². The van der Waals surface area contributed by atoms with E-state index >= 15 is 0 Å². The van der Waals surface area contributed by atoms with Gasteiger partial charge in [0.2, 0.25) is 0 Å². The van der Waals surface area contributed by atoms with Gasteiger partial charge in [-0.2, -0.15) is 0 Å². The second-order valence-corrected chi connectivity index (χ2v) is 2.91. The number of carbonyl (C=O) groups excluding carboxylic acids is 1. The number of benzene rings is 1. The molecule has 1 aromatic carbocycles. The molecule has 14 heavy (non-hydrogen) atoms. The molecule has 0 saturated carbocycles. The van der Waals surface area contributed by atoms with Gasteiger partial charge < -0.3 is 4.74 Å². The summed E-state index contributed by atoms with van der Waals surface area (Å²) in [5, 5.41) is 0. The molecule has 0 aliphatic carbocycles. The highest BCUT2D eigenvalue weighted by Crippen LogP contribution is 2.03. The number of hydrogen-bond donors (Lipinski definition) is 0. The second-order valence-electron chi connectivity index (χ2n) is 2.91. The van der Waals surface area contributed by atoms with Crippen molar-refractivity contribution in [3.63, 3.8) is 0 Å². The first-order chi connectivity index (χ1) is 6.86. The van der Waals surface area contributed by atoms with Crippen molar-refractivity contribution in [3.05, 3.63) is 35.4 Å². The lowest BCUT2D eigenvalue weighted by Gasteiger charge is -2.02. The maximum absolute atomic E-state index is 11.7. The molecule has 0 bridgehead atoms. The fraction of sp³-hybridized carbons (Fsp3) is 0.364. The van der Waals surface area contributed by atoms with Crippen LogP contribution in [-0.2, 0) is 11.2 Å². The Morgan fingerprint density at radius 3 is 2.50 bits per heavy atom. The smallest absolute Gasteiger partial charge is 0.150 e. The standard InChI is InChI=1S/C11H13FO2/c12-6-8-14-7-5-10-1-3-11(9-13)4-2-10/h1-4,9H,5-8H2. The fourth-order valence-electron chi connectivity index (χ4n) is 1.11. The van der Waals surface area contributed by atoms with Crippen molar-refractivity contribution in [1.82, 2.24) is 0 Å². The number of halogens is 1. The summed E-state index contributed by atoms with van der Waals surface area (Å²) in [4.78, 5) is 10.4. The first-order valence-corrected chi connectivity index (χ1v) is 4.54. The van der Waals surface area contributed by atoms with Crippen LogP contribution in [0.15, 0.2) is 24.3 Å².